The van der Waals surface area contributed by atoms with Crippen molar-refractivity contribution in [2.75, 3.05) is 7.05 Å². The van der Waals surface area contributed by atoms with Crippen molar-refractivity contribution in [1.29, 1.82) is 0 Å². The van der Waals surface area contributed by atoms with Gasteiger partial charge in [-0.1, -0.05) is 5.57 Å². The van der Waals surface area contributed by atoms with Crippen molar-refractivity contribution >= 4 is 0 Å². The second-order valence-corrected chi connectivity index (χ2v) is 4.27. The predicted molar refractivity (Wildman–Crippen MR) is 54.3 cm³/mol. The highest BCUT2D eigenvalue weighted by Crippen LogP contribution is 2.41. The molecule has 0 aliphatic heterocycles. The number of alkyl halides is 3. The van der Waals surface area contributed by atoms with Gasteiger partial charge in [-0.25, -0.2) is 0 Å². The molecule has 0 aromatic carbocycles. The molecule has 1 aliphatic carbocycles. The lowest BCUT2D eigenvalue weighted by Crippen LogP contribution is -2.28. The summed E-state index contributed by atoms with van der Waals surface area (Å²) in [7, 11) is 1.81. The Morgan fingerprint density at radius 2 is 1.73 bits per heavy atom. The summed E-state index contributed by atoms with van der Waals surface area (Å²) < 4.78 is 37.2. The summed E-state index contributed by atoms with van der Waals surface area (Å²) in [5.41, 5.74) is 1.16. The molecule has 88 valence electrons. The largest absolute Gasteiger partial charge is 0.394 e. The lowest BCUT2D eigenvalue weighted by Gasteiger charge is -2.30. The van der Waals surface area contributed by atoms with E-state index in [-0.39, 0.29) is 12.8 Å². The molecule has 0 aromatic rings. The number of allylic oxidation sites excluding steroid dienone is 1. The molecule has 0 aromatic heterocycles. The molecular weight excluding hydrogens is 203 g/mol. The van der Waals surface area contributed by atoms with Crippen LogP contribution in [-0.2, 0) is 0 Å². The second kappa shape index (κ2) is 4.90. The first-order chi connectivity index (χ1) is 6.95. The minimum absolute atomic E-state index is 0.281. The zero-order chi connectivity index (χ0) is 11.5. The van der Waals surface area contributed by atoms with Crippen LogP contribution in [0.2, 0.25) is 0 Å². The number of rotatable bonds is 2. The molecule has 0 spiro atoms. The van der Waals surface area contributed by atoms with Crippen LogP contribution >= 0.6 is 0 Å². The van der Waals surface area contributed by atoms with Gasteiger partial charge in [-0.05, 0) is 44.7 Å². The Labute approximate surface area is 88.7 Å². The van der Waals surface area contributed by atoms with Gasteiger partial charge in [-0.15, -0.1) is 0 Å². The molecule has 0 atom stereocenters. The second-order valence-electron chi connectivity index (χ2n) is 4.27. The average Bonchev–Trinajstić information content (AvgIpc) is 2.17. The van der Waals surface area contributed by atoms with Crippen molar-refractivity contribution in [3.05, 3.63) is 11.8 Å². The molecule has 15 heavy (non-hydrogen) atoms. The zero-order valence-corrected chi connectivity index (χ0v) is 9.19. The molecule has 4 heteroatoms. The first-order valence-corrected chi connectivity index (χ1v) is 5.35. The van der Waals surface area contributed by atoms with Crippen LogP contribution in [-0.4, -0.2) is 13.2 Å². The SMILES string of the molecule is CN/C=C(\C)C1CCC(C(F)(F)F)CC1. The van der Waals surface area contributed by atoms with Gasteiger partial charge in [0.05, 0.1) is 5.92 Å². The first-order valence-electron chi connectivity index (χ1n) is 5.35. The number of nitrogens with one attached hydrogen (secondary N) is 1. The molecule has 1 nitrogen and oxygen atoms in total. The molecule has 1 saturated carbocycles. The van der Waals surface area contributed by atoms with Crippen LogP contribution in [0.3, 0.4) is 0 Å². The predicted octanol–water partition coefficient (Wildman–Crippen LogP) is 3.48. The van der Waals surface area contributed by atoms with Gasteiger partial charge in [-0.2, -0.15) is 13.2 Å². The van der Waals surface area contributed by atoms with Gasteiger partial charge in [0.15, 0.2) is 0 Å². The third kappa shape index (κ3) is 3.43. The fraction of sp³-hybridized carbons (Fsp3) is 0.818. The van der Waals surface area contributed by atoms with E-state index in [0.717, 1.165) is 5.57 Å². The number of hydrogen-bond acceptors (Lipinski definition) is 1. The highest BCUT2D eigenvalue weighted by atomic mass is 19.4. The topological polar surface area (TPSA) is 12.0 Å². The Kier molecular flexibility index (Phi) is 4.05. The Hall–Kier alpha value is -0.670. The van der Waals surface area contributed by atoms with E-state index in [1.165, 1.54) is 0 Å². The van der Waals surface area contributed by atoms with Gasteiger partial charge >= 0.3 is 6.18 Å². The first kappa shape index (κ1) is 12.4. The Bertz CT molecular complexity index is 224. The van der Waals surface area contributed by atoms with Crippen molar-refractivity contribution in [2.45, 2.75) is 38.8 Å². The van der Waals surface area contributed by atoms with E-state index in [0.29, 0.717) is 18.8 Å². The van der Waals surface area contributed by atoms with E-state index >= 15 is 0 Å². The van der Waals surface area contributed by atoms with Crippen molar-refractivity contribution in [3.63, 3.8) is 0 Å². The Morgan fingerprint density at radius 3 is 2.13 bits per heavy atom. The summed E-state index contributed by atoms with van der Waals surface area (Å²) in [6.07, 6.45) is -0.224. The summed E-state index contributed by atoms with van der Waals surface area (Å²) in [6.45, 7) is 1.98. The summed E-state index contributed by atoms with van der Waals surface area (Å²) in [4.78, 5) is 0. The molecule has 1 fully saturated rings. The molecule has 1 aliphatic rings. The van der Waals surface area contributed by atoms with Crippen molar-refractivity contribution in [2.24, 2.45) is 11.8 Å². The van der Waals surface area contributed by atoms with E-state index in [2.05, 4.69) is 5.32 Å². The molecule has 0 bridgehead atoms. The van der Waals surface area contributed by atoms with Crippen molar-refractivity contribution in [3.8, 4) is 0 Å². The molecule has 0 saturated heterocycles. The minimum Gasteiger partial charge on any atom is -0.394 e. The fourth-order valence-corrected chi connectivity index (χ4v) is 2.22. The van der Waals surface area contributed by atoms with Crippen LogP contribution in [0, 0.1) is 11.8 Å². The maximum atomic E-state index is 12.4. The maximum absolute atomic E-state index is 12.4. The number of hydrogen-bond donors (Lipinski definition) is 1. The van der Waals surface area contributed by atoms with Crippen molar-refractivity contribution in [1.82, 2.24) is 5.32 Å². The quantitative estimate of drug-likeness (QED) is 0.752. The van der Waals surface area contributed by atoms with Gasteiger partial charge < -0.3 is 5.32 Å². The highest BCUT2D eigenvalue weighted by Gasteiger charge is 2.41. The van der Waals surface area contributed by atoms with E-state index in [4.69, 9.17) is 0 Å². The molecule has 0 radical (unpaired) electrons. The van der Waals surface area contributed by atoms with Crippen LogP contribution in [0.15, 0.2) is 11.8 Å². The van der Waals surface area contributed by atoms with Crippen LogP contribution in [0.1, 0.15) is 32.6 Å². The van der Waals surface area contributed by atoms with Crippen LogP contribution in [0.5, 0.6) is 0 Å². The minimum atomic E-state index is -3.99. The lowest BCUT2D eigenvalue weighted by molar-refractivity contribution is -0.183. The Morgan fingerprint density at radius 1 is 1.20 bits per heavy atom. The van der Waals surface area contributed by atoms with E-state index in [1.54, 1.807) is 0 Å². The normalized spacial score (nSPS) is 29.0. The van der Waals surface area contributed by atoms with Crippen LogP contribution < -0.4 is 5.32 Å². The molecule has 1 N–H and O–H groups in total. The fourth-order valence-electron chi connectivity index (χ4n) is 2.22. The van der Waals surface area contributed by atoms with Gasteiger partial charge in [0.2, 0.25) is 0 Å². The molecule has 0 unspecified atom stereocenters. The van der Waals surface area contributed by atoms with E-state index in [9.17, 15) is 13.2 Å². The third-order valence-corrected chi connectivity index (χ3v) is 3.21. The molecule has 0 amide bonds. The zero-order valence-electron chi connectivity index (χ0n) is 9.19. The van der Waals surface area contributed by atoms with Crippen LogP contribution in [0.4, 0.5) is 13.2 Å². The van der Waals surface area contributed by atoms with Crippen LogP contribution in [0.25, 0.3) is 0 Å². The van der Waals surface area contributed by atoms with E-state index in [1.807, 2.05) is 20.2 Å². The Balaban J connectivity index is 2.46. The smallest absolute Gasteiger partial charge is 0.391 e. The standard InChI is InChI=1S/C11H18F3N/c1-8(7-15-2)9-3-5-10(6-4-9)11(12,13)14/h7,9-10,15H,3-6H2,1-2H3/b8-7+. The van der Waals surface area contributed by atoms with Gasteiger partial charge in [0.1, 0.15) is 0 Å². The highest BCUT2D eigenvalue weighted by molar-refractivity contribution is 5.03. The summed E-state index contributed by atoms with van der Waals surface area (Å²) >= 11 is 0. The third-order valence-electron chi connectivity index (χ3n) is 3.21. The molecular formula is C11H18F3N. The summed E-state index contributed by atoms with van der Waals surface area (Å²) in [6, 6.07) is 0. The number of halogens is 3. The van der Waals surface area contributed by atoms with E-state index < -0.39 is 12.1 Å². The molecule has 0 heterocycles. The van der Waals surface area contributed by atoms with Crippen molar-refractivity contribution < 1.29 is 13.2 Å². The maximum Gasteiger partial charge on any atom is 0.391 e. The van der Waals surface area contributed by atoms with Gasteiger partial charge in [0, 0.05) is 7.05 Å². The lowest BCUT2D eigenvalue weighted by atomic mass is 9.79. The average molecular weight is 221 g/mol. The molecule has 1 rings (SSSR count). The summed E-state index contributed by atoms with van der Waals surface area (Å²) in [5, 5.41) is 2.92. The summed E-state index contributed by atoms with van der Waals surface area (Å²) in [5.74, 6) is -0.743. The van der Waals surface area contributed by atoms with Gasteiger partial charge in [0.25, 0.3) is 0 Å². The monoisotopic (exact) mass is 221 g/mol. The van der Waals surface area contributed by atoms with Gasteiger partial charge in [-0.3, -0.25) is 0 Å².